The molecule has 0 bridgehead atoms. The summed E-state index contributed by atoms with van der Waals surface area (Å²) in [4.78, 5) is 9.47. The molecule has 0 radical (unpaired) electrons. The zero-order valence-corrected chi connectivity index (χ0v) is 15.8. The van der Waals surface area contributed by atoms with Crippen LogP contribution in [0.25, 0.3) is 21.9 Å². The van der Waals surface area contributed by atoms with E-state index in [1.807, 2.05) is 42.5 Å². The quantitative estimate of drug-likeness (QED) is 0.690. The average Bonchev–Trinajstić information content (AvgIpc) is 3.48. The zero-order chi connectivity index (χ0) is 18.9. The SMILES string of the molecule is Nc1nc2ccccc2c2c1nc(CC1CC1)n2CCOC1=CC=CC=CC1. The number of pyridine rings is 1. The van der Waals surface area contributed by atoms with Crippen molar-refractivity contribution in [2.24, 2.45) is 5.92 Å². The summed E-state index contributed by atoms with van der Waals surface area (Å²) in [5.41, 5.74) is 9.08. The van der Waals surface area contributed by atoms with Crippen molar-refractivity contribution in [3.05, 3.63) is 66.2 Å². The van der Waals surface area contributed by atoms with Gasteiger partial charge in [0.2, 0.25) is 0 Å². The highest BCUT2D eigenvalue weighted by molar-refractivity contribution is 6.06. The molecule has 0 unspecified atom stereocenters. The maximum absolute atomic E-state index is 6.27. The molecule has 2 aliphatic carbocycles. The van der Waals surface area contributed by atoms with Gasteiger partial charge in [0, 0.05) is 18.2 Å². The first-order valence-corrected chi connectivity index (χ1v) is 9.98. The number of ether oxygens (including phenoxy) is 1. The molecule has 2 aliphatic rings. The van der Waals surface area contributed by atoms with Gasteiger partial charge < -0.3 is 15.0 Å². The minimum absolute atomic E-state index is 0.507. The van der Waals surface area contributed by atoms with Crippen LogP contribution in [0.15, 0.2) is 60.4 Å². The average molecular weight is 372 g/mol. The van der Waals surface area contributed by atoms with Crippen molar-refractivity contribution in [1.29, 1.82) is 0 Å². The van der Waals surface area contributed by atoms with Crippen LogP contribution in [0.5, 0.6) is 0 Å². The lowest BCUT2D eigenvalue weighted by Gasteiger charge is -2.13. The van der Waals surface area contributed by atoms with E-state index in [9.17, 15) is 0 Å². The molecular weight excluding hydrogens is 348 g/mol. The van der Waals surface area contributed by atoms with Crippen molar-refractivity contribution >= 4 is 27.8 Å². The van der Waals surface area contributed by atoms with Gasteiger partial charge in [-0.3, -0.25) is 0 Å². The Morgan fingerprint density at radius 2 is 2.00 bits per heavy atom. The summed E-state index contributed by atoms with van der Waals surface area (Å²) in [6.45, 7) is 1.35. The Balaban J connectivity index is 1.52. The Hall–Kier alpha value is -3.08. The van der Waals surface area contributed by atoms with Gasteiger partial charge in [-0.25, -0.2) is 9.97 Å². The third kappa shape index (κ3) is 3.28. The van der Waals surface area contributed by atoms with E-state index in [2.05, 4.69) is 21.7 Å². The molecule has 3 aromatic rings. The summed E-state index contributed by atoms with van der Waals surface area (Å²) in [6, 6.07) is 8.15. The van der Waals surface area contributed by atoms with Gasteiger partial charge >= 0.3 is 0 Å². The number of nitrogens with zero attached hydrogens (tertiary/aromatic N) is 3. The van der Waals surface area contributed by atoms with E-state index in [1.165, 1.54) is 12.8 Å². The predicted octanol–water partition coefficient (Wildman–Crippen LogP) is 4.54. The monoisotopic (exact) mass is 372 g/mol. The molecule has 2 N–H and O–H groups in total. The van der Waals surface area contributed by atoms with E-state index in [1.54, 1.807) is 0 Å². The van der Waals surface area contributed by atoms with E-state index in [0.29, 0.717) is 12.4 Å². The number of hydrogen-bond donors (Lipinski definition) is 1. The lowest BCUT2D eigenvalue weighted by molar-refractivity contribution is 0.196. The smallest absolute Gasteiger partial charge is 0.152 e. The first-order chi connectivity index (χ1) is 13.8. The Morgan fingerprint density at radius 3 is 2.89 bits per heavy atom. The second-order valence-corrected chi connectivity index (χ2v) is 7.54. The van der Waals surface area contributed by atoms with Gasteiger partial charge in [0.25, 0.3) is 0 Å². The van der Waals surface area contributed by atoms with E-state index < -0.39 is 0 Å². The van der Waals surface area contributed by atoms with Crippen LogP contribution in [0.4, 0.5) is 5.82 Å². The number of aromatic nitrogens is 3. The molecule has 0 aliphatic heterocycles. The molecule has 28 heavy (non-hydrogen) atoms. The molecule has 0 amide bonds. The van der Waals surface area contributed by atoms with Gasteiger partial charge in [-0.1, -0.05) is 42.5 Å². The summed E-state index contributed by atoms with van der Waals surface area (Å²) in [7, 11) is 0. The van der Waals surface area contributed by atoms with Crippen molar-refractivity contribution < 1.29 is 4.74 Å². The van der Waals surface area contributed by atoms with Crippen LogP contribution < -0.4 is 5.73 Å². The summed E-state index contributed by atoms with van der Waals surface area (Å²) >= 11 is 0. The van der Waals surface area contributed by atoms with Crippen molar-refractivity contribution in [3.63, 3.8) is 0 Å². The first-order valence-electron chi connectivity index (χ1n) is 9.98. The largest absolute Gasteiger partial charge is 0.496 e. The molecule has 1 fully saturated rings. The Kier molecular flexibility index (Phi) is 4.35. The Morgan fingerprint density at radius 1 is 1.11 bits per heavy atom. The number of fused-ring (bicyclic) bond motifs is 3. The molecule has 2 aromatic heterocycles. The molecule has 0 spiro atoms. The Bertz CT molecular complexity index is 1120. The van der Waals surface area contributed by atoms with Gasteiger partial charge in [-0.15, -0.1) is 0 Å². The lowest BCUT2D eigenvalue weighted by Crippen LogP contribution is -2.10. The minimum atomic E-state index is 0.507. The van der Waals surface area contributed by atoms with Crippen LogP contribution in [-0.2, 0) is 17.7 Å². The number of benzene rings is 1. The van der Waals surface area contributed by atoms with E-state index >= 15 is 0 Å². The highest BCUT2D eigenvalue weighted by atomic mass is 16.5. The molecule has 1 saturated carbocycles. The highest BCUT2D eigenvalue weighted by Crippen LogP contribution is 2.35. The number of nitrogens with two attached hydrogens (primary N) is 1. The second-order valence-electron chi connectivity index (χ2n) is 7.54. The fourth-order valence-electron chi connectivity index (χ4n) is 3.81. The molecule has 5 rings (SSSR count). The summed E-state index contributed by atoms with van der Waals surface area (Å²) in [6.07, 6.45) is 14.6. The zero-order valence-electron chi connectivity index (χ0n) is 15.8. The maximum Gasteiger partial charge on any atom is 0.152 e. The first kappa shape index (κ1) is 17.0. The normalized spacial score (nSPS) is 16.5. The van der Waals surface area contributed by atoms with Gasteiger partial charge in [0.15, 0.2) is 5.82 Å². The van der Waals surface area contributed by atoms with Crippen LogP contribution in [-0.4, -0.2) is 21.1 Å². The molecule has 1 aromatic carbocycles. The summed E-state index contributed by atoms with van der Waals surface area (Å²) in [5.74, 6) is 3.34. The number of anilines is 1. The van der Waals surface area contributed by atoms with Crippen molar-refractivity contribution in [2.75, 3.05) is 12.3 Å². The maximum atomic E-state index is 6.27. The number of rotatable bonds is 6. The van der Waals surface area contributed by atoms with E-state index in [-0.39, 0.29) is 0 Å². The number of para-hydroxylation sites is 1. The number of imidazole rings is 1. The van der Waals surface area contributed by atoms with Crippen LogP contribution in [0.2, 0.25) is 0 Å². The van der Waals surface area contributed by atoms with Crippen LogP contribution in [0, 0.1) is 5.92 Å². The molecule has 0 saturated heterocycles. The second kappa shape index (κ2) is 7.15. The number of hydrogen-bond acceptors (Lipinski definition) is 4. The predicted molar refractivity (Wildman–Crippen MR) is 113 cm³/mol. The number of allylic oxidation sites excluding steroid dienone is 5. The highest BCUT2D eigenvalue weighted by Gasteiger charge is 2.26. The third-order valence-electron chi connectivity index (χ3n) is 5.42. The van der Waals surface area contributed by atoms with Gasteiger partial charge in [0.05, 0.1) is 23.3 Å². The van der Waals surface area contributed by atoms with E-state index in [4.69, 9.17) is 15.5 Å². The van der Waals surface area contributed by atoms with Gasteiger partial charge in [-0.05, 0) is 30.9 Å². The molecule has 2 heterocycles. The van der Waals surface area contributed by atoms with Crippen LogP contribution >= 0.6 is 0 Å². The standard InChI is InChI=1S/C23H24N4O/c24-23-21-22(18-9-5-6-10-19(18)25-23)27(20(26-21)15-16-11-12-16)13-14-28-17-7-3-1-2-4-8-17/h1-7,9-10,16H,8,11-15H2,(H2,24,25). The van der Waals surface area contributed by atoms with Gasteiger partial charge in [0.1, 0.15) is 17.9 Å². The molecular formula is C23H24N4O. The molecule has 142 valence electrons. The molecule has 5 heteroatoms. The fourth-order valence-corrected chi connectivity index (χ4v) is 3.81. The third-order valence-corrected chi connectivity index (χ3v) is 5.42. The summed E-state index contributed by atoms with van der Waals surface area (Å²) < 4.78 is 8.37. The van der Waals surface area contributed by atoms with E-state index in [0.717, 1.165) is 58.8 Å². The molecule has 5 nitrogen and oxygen atoms in total. The number of nitrogen functional groups attached to an aromatic ring is 1. The van der Waals surface area contributed by atoms with Crippen molar-refractivity contribution in [1.82, 2.24) is 14.5 Å². The van der Waals surface area contributed by atoms with Crippen molar-refractivity contribution in [2.45, 2.75) is 32.2 Å². The van der Waals surface area contributed by atoms with Gasteiger partial charge in [-0.2, -0.15) is 0 Å². The topological polar surface area (TPSA) is 66.0 Å². The molecule has 0 atom stereocenters. The fraction of sp³-hybridized carbons (Fsp3) is 0.304. The lowest BCUT2D eigenvalue weighted by atomic mass is 10.2. The van der Waals surface area contributed by atoms with Crippen LogP contribution in [0.1, 0.15) is 25.1 Å². The van der Waals surface area contributed by atoms with Crippen LogP contribution in [0.3, 0.4) is 0 Å². The van der Waals surface area contributed by atoms with Crippen molar-refractivity contribution in [3.8, 4) is 0 Å². The minimum Gasteiger partial charge on any atom is -0.496 e. The Labute approximate surface area is 164 Å². The summed E-state index contributed by atoms with van der Waals surface area (Å²) in [5, 5.41) is 1.10.